The van der Waals surface area contributed by atoms with E-state index in [4.69, 9.17) is 0 Å². The lowest BCUT2D eigenvalue weighted by Gasteiger charge is -2.13. The van der Waals surface area contributed by atoms with E-state index < -0.39 is 0 Å². The zero-order valence-corrected chi connectivity index (χ0v) is 7.14. The number of nitrogens with zero attached hydrogens (tertiary/aromatic N) is 5. The minimum atomic E-state index is 0.612. The highest BCUT2D eigenvalue weighted by atomic mass is 15.4. The van der Waals surface area contributed by atoms with E-state index in [2.05, 4.69) is 20.3 Å². The van der Waals surface area contributed by atoms with Crippen LogP contribution in [0.1, 0.15) is 24.2 Å². The monoisotopic (exact) mass is 175 g/mol. The molecule has 0 spiro atoms. The van der Waals surface area contributed by atoms with E-state index in [-0.39, 0.29) is 0 Å². The number of hydrogen-bond donors (Lipinski definition) is 0. The molecule has 2 heterocycles. The first-order chi connectivity index (χ1) is 6.45. The summed E-state index contributed by atoms with van der Waals surface area (Å²) >= 11 is 0. The van der Waals surface area contributed by atoms with Gasteiger partial charge in [-0.05, 0) is 25.7 Å². The highest BCUT2D eigenvalue weighted by molar-refractivity contribution is 5.28. The quantitative estimate of drug-likeness (QED) is 0.581. The molecule has 0 bridgehead atoms. The number of aromatic nitrogens is 5. The third kappa shape index (κ3) is 0.929. The average Bonchev–Trinajstić information content (AvgIpc) is 2.65. The second-order valence-corrected chi connectivity index (χ2v) is 3.27. The third-order valence-electron chi connectivity index (χ3n) is 2.46. The third-order valence-corrected chi connectivity index (χ3v) is 2.46. The molecule has 0 N–H and O–H groups in total. The van der Waals surface area contributed by atoms with Crippen LogP contribution in [0.2, 0.25) is 0 Å². The van der Waals surface area contributed by atoms with Crippen LogP contribution in [-0.4, -0.2) is 24.8 Å². The predicted molar refractivity (Wildman–Crippen MR) is 45.2 cm³/mol. The van der Waals surface area contributed by atoms with Crippen LogP contribution in [0, 0.1) is 0 Å². The lowest BCUT2D eigenvalue weighted by atomic mass is 10.0. The van der Waals surface area contributed by atoms with E-state index in [0.29, 0.717) is 5.78 Å². The smallest absolute Gasteiger partial charge is 0.198 e. The molecule has 0 saturated heterocycles. The molecule has 1 aliphatic carbocycles. The molecule has 5 heteroatoms. The molecule has 1 aliphatic rings. The normalized spacial score (nSPS) is 16.0. The molecule has 0 saturated carbocycles. The van der Waals surface area contributed by atoms with Crippen LogP contribution in [0.25, 0.3) is 5.78 Å². The number of aryl methyl sites for hydroxylation is 2. The van der Waals surface area contributed by atoms with Crippen molar-refractivity contribution in [1.29, 1.82) is 0 Å². The molecule has 5 nitrogen and oxygen atoms in total. The summed E-state index contributed by atoms with van der Waals surface area (Å²) in [6.45, 7) is 0. The fourth-order valence-corrected chi connectivity index (χ4v) is 1.81. The van der Waals surface area contributed by atoms with E-state index in [0.717, 1.165) is 18.5 Å². The van der Waals surface area contributed by atoms with Crippen LogP contribution >= 0.6 is 0 Å². The first-order valence-electron chi connectivity index (χ1n) is 4.49. The Labute approximate surface area is 74.8 Å². The summed E-state index contributed by atoms with van der Waals surface area (Å²) in [7, 11) is 0. The van der Waals surface area contributed by atoms with Crippen LogP contribution in [-0.2, 0) is 12.8 Å². The summed E-state index contributed by atoms with van der Waals surface area (Å²) in [5, 5.41) is 12.3. The highest BCUT2D eigenvalue weighted by Crippen LogP contribution is 2.17. The summed E-state index contributed by atoms with van der Waals surface area (Å²) < 4.78 is 1.81. The Bertz CT molecular complexity index is 447. The molecule has 0 aliphatic heterocycles. The van der Waals surface area contributed by atoms with Crippen LogP contribution in [0.5, 0.6) is 0 Å². The van der Waals surface area contributed by atoms with Gasteiger partial charge in [-0.1, -0.05) is 0 Å². The minimum absolute atomic E-state index is 0.612. The van der Waals surface area contributed by atoms with Gasteiger partial charge in [0, 0.05) is 0 Å². The molecule has 0 atom stereocenters. The molecule has 13 heavy (non-hydrogen) atoms. The maximum Gasteiger partial charge on any atom is 0.271 e. The Morgan fingerprint density at radius 3 is 3.08 bits per heavy atom. The largest absolute Gasteiger partial charge is 0.271 e. The second kappa shape index (κ2) is 2.48. The molecule has 2 aromatic rings. The van der Waals surface area contributed by atoms with Crippen LogP contribution in [0.15, 0.2) is 6.33 Å². The van der Waals surface area contributed by atoms with Gasteiger partial charge >= 0.3 is 0 Å². The molecule has 0 radical (unpaired) electrons. The zero-order chi connectivity index (χ0) is 8.67. The van der Waals surface area contributed by atoms with Crippen molar-refractivity contribution in [3.63, 3.8) is 0 Å². The van der Waals surface area contributed by atoms with Gasteiger partial charge in [0.15, 0.2) is 0 Å². The van der Waals surface area contributed by atoms with Crippen molar-refractivity contribution in [3.05, 3.63) is 17.7 Å². The minimum Gasteiger partial charge on any atom is -0.198 e. The number of rotatable bonds is 0. The number of fused-ring (bicyclic) bond motifs is 3. The summed E-state index contributed by atoms with van der Waals surface area (Å²) in [6, 6.07) is 0. The van der Waals surface area contributed by atoms with Gasteiger partial charge in [-0.25, -0.2) is 0 Å². The summed E-state index contributed by atoms with van der Waals surface area (Å²) in [4.78, 5) is 4.01. The topological polar surface area (TPSA) is 56.0 Å². The van der Waals surface area contributed by atoms with Gasteiger partial charge in [0.2, 0.25) is 0 Å². The van der Waals surface area contributed by atoms with Crippen molar-refractivity contribution in [2.24, 2.45) is 0 Å². The Balaban J connectivity index is 2.34. The number of hydrogen-bond acceptors (Lipinski definition) is 4. The van der Waals surface area contributed by atoms with Gasteiger partial charge in [-0.15, -0.1) is 10.2 Å². The first kappa shape index (κ1) is 6.94. The SMILES string of the molecule is c1nc2nnc3c(n2n1)CCCC3. The maximum absolute atomic E-state index is 4.15. The summed E-state index contributed by atoms with van der Waals surface area (Å²) in [5.41, 5.74) is 2.28. The lowest BCUT2D eigenvalue weighted by Crippen LogP contribution is -2.13. The Morgan fingerprint density at radius 2 is 2.08 bits per heavy atom. The van der Waals surface area contributed by atoms with Crippen LogP contribution in [0.3, 0.4) is 0 Å². The molecule has 0 unspecified atom stereocenters. The van der Waals surface area contributed by atoms with Crippen LogP contribution < -0.4 is 0 Å². The van der Waals surface area contributed by atoms with Gasteiger partial charge < -0.3 is 0 Å². The van der Waals surface area contributed by atoms with Gasteiger partial charge in [0.25, 0.3) is 5.78 Å². The van der Waals surface area contributed by atoms with E-state index in [1.165, 1.54) is 24.9 Å². The Hall–Kier alpha value is -1.52. The molecule has 3 rings (SSSR count). The van der Waals surface area contributed by atoms with Gasteiger partial charge in [-0.3, -0.25) is 0 Å². The molecule has 0 aromatic carbocycles. The summed E-state index contributed by atoms with van der Waals surface area (Å²) in [5.74, 6) is 0.612. The van der Waals surface area contributed by atoms with E-state index in [1.54, 1.807) is 0 Å². The fourth-order valence-electron chi connectivity index (χ4n) is 1.81. The van der Waals surface area contributed by atoms with E-state index in [9.17, 15) is 0 Å². The van der Waals surface area contributed by atoms with Crippen molar-refractivity contribution in [3.8, 4) is 0 Å². The molecule has 0 fully saturated rings. The second-order valence-electron chi connectivity index (χ2n) is 3.27. The Kier molecular flexibility index (Phi) is 1.32. The standard InChI is InChI=1S/C8H9N5/c1-2-4-7-6(3-1)11-12-8-9-5-10-13(7)8/h5H,1-4H2. The molecule has 0 amide bonds. The van der Waals surface area contributed by atoms with E-state index >= 15 is 0 Å². The summed E-state index contributed by atoms with van der Waals surface area (Å²) in [6.07, 6.45) is 6.03. The maximum atomic E-state index is 4.15. The van der Waals surface area contributed by atoms with Gasteiger partial charge in [0.05, 0.1) is 11.4 Å². The van der Waals surface area contributed by atoms with Gasteiger partial charge in [0.1, 0.15) is 6.33 Å². The van der Waals surface area contributed by atoms with Crippen LogP contribution in [0.4, 0.5) is 0 Å². The van der Waals surface area contributed by atoms with Crippen molar-refractivity contribution >= 4 is 5.78 Å². The molecule has 2 aromatic heterocycles. The lowest BCUT2D eigenvalue weighted by molar-refractivity contribution is 0.612. The highest BCUT2D eigenvalue weighted by Gasteiger charge is 2.15. The molecular formula is C8H9N5. The van der Waals surface area contributed by atoms with Crippen molar-refractivity contribution in [1.82, 2.24) is 24.8 Å². The Morgan fingerprint density at radius 1 is 1.15 bits per heavy atom. The molecular weight excluding hydrogens is 166 g/mol. The molecule has 66 valence electrons. The van der Waals surface area contributed by atoms with E-state index in [1.807, 2.05) is 4.52 Å². The van der Waals surface area contributed by atoms with Gasteiger partial charge in [-0.2, -0.15) is 14.6 Å². The van der Waals surface area contributed by atoms with Crippen molar-refractivity contribution in [2.75, 3.05) is 0 Å². The fraction of sp³-hybridized carbons (Fsp3) is 0.500. The zero-order valence-electron chi connectivity index (χ0n) is 7.14. The average molecular weight is 175 g/mol. The van der Waals surface area contributed by atoms with Crippen molar-refractivity contribution in [2.45, 2.75) is 25.7 Å². The van der Waals surface area contributed by atoms with Crippen molar-refractivity contribution < 1.29 is 0 Å². The predicted octanol–water partition coefficient (Wildman–Crippen LogP) is 0.398. The first-order valence-corrected chi connectivity index (χ1v) is 4.49.